The van der Waals surface area contributed by atoms with Gasteiger partial charge >= 0.3 is 0 Å². The molecule has 0 bridgehead atoms. The van der Waals surface area contributed by atoms with Crippen LogP contribution in [0.1, 0.15) is 45.4 Å². The molecule has 2 fully saturated rings. The van der Waals surface area contributed by atoms with Crippen LogP contribution < -0.4 is 5.32 Å². The standard InChI is InChI=1S/C13H24N2O/c1-11-5-4-8-15(10-11)13(16)9-12-6-2-3-7-14-12/h11-12,14H,2-10H2,1H3/t11-,12+/m0/s1. The zero-order chi connectivity index (χ0) is 11.4. The minimum atomic E-state index is 0.367. The quantitative estimate of drug-likeness (QED) is 0.775. The maximum Gasteiger partial charge on any atom is 0.224 e. The average molecular weight is 224 g/mol. The third-order valence-corrected chi connectivity index (χ3v) is 3.84. The Hall–Kier alpha value is -0.570. The predicted molar refractivity (Wildman–Crippen MR) is 65.2 cm³/mol. The molecule has 0 radical (unpaired) electrons. The number of hydrogen-bond acceptors (Lipinski definition) is 2. The molecule has 0 unspecified atom stereocenters. The molecule has 3 nitrogen and oxygen atoms in total. The van der Waals surface area contributed by atoms with E-state index in [1.807, 2.05) is 0 Å². The molecule has 2 aliphatic heterocycles. The third-order valence-electron chi connectivity index (χ3n) is 3.84. The molecule has 92 valence electrons. The summed E-state index contributed by atoms with van der Waals surface area (Å²) in [5.74, 6) is 1.06. The van der Waals surface area contributed by atoms with Gasteiger partial charge in [-0.3, -0.25) is 4.79 Å². The highest BCUT2D eigenvalue weighted by atomic mass is 16.2. The van der Waals surface area contributed by atoms with Gasteiger partial charge in [0, 0.05) is 25.6 Å². The smallest absolute Gasteiger partial charge is 0.224 e. The van der Waals surface area contributed by atoms with E-state index >= 15 is 0 Å². The molecule has 0 aromatic heterocycles. The van der Waals surface area contributed by atoms with Crippen molar-refractivity contribution in [2.24, 2.45) is 5.92 Å². The molecule has 0 aromatic carbocycles. The van der Waals surface area contributed by atoms with Crippen LogP contribution in [-0.4, -0.2) is 36.5 Å². The Labute approximate surface area is 98.6 Å². The SMILES string of the molecule is C[C@H]1CCCN(C(=O)C[C@H]2CCCCN2)C1. The lowest BCUT2D eigenvalue weighted by Crippen LogP contribution is -2.43. The van der Waals surface area contributed by atoms with Crippen LogP contribution in [-0.2, 0) is 4.79 Å². The van der Waals surface area contributed by atoms with Crippen LogP contribution in [0.2, 0.25) is 0 Å². The molecule has 0 aromatic rings. The van der Waals surface area contributed by atoms with Crippen LogP contribution in [0.4, 0.5) is 0 Å². The molecule has 0 aliphatic carbocycles. The van der Waals surface area contributed by atoms with Crippen molar-refractivity contribution in [1.82, 2.24) is 10.2 Å². The van der Waals surface area contributed by atoms with Gasteiger partial charge in [0.1, 0.15) is 0 Å². The van der Waals surface area contributed by atoms with Crippen molar-refractivity contribution in [3.8, 4) is 0 Å². The van der Waals surface area contributed by atoms with Crippen LogP contribution in [0.15, 0.2) is 0 Å². The molecule has 2 heterocycles. The van der Waals surface area contributed by atoms with E-state index in [9.17, 15) is 4.79 Å². The van der Waals surface area contributed by atoms with Crippen molar-refractivity contribution in [3.05, 3.63) is 0 Å². The Morgan fingerprint density at radius 3 is 2.88 bits per heavy atom. The van der Waals surface area contributed by atoms with Gasteiger partial charge in [-0.2, -0.15) is 0 Å². The first kappa shape index (κ1) is 11.9. The number of piperidine rings is 2. The summed E-state index contributed by atoms with van der Waals surface area (Å²) in [6, 6.07) is 0.443. The van der Waals surface area contributed by atoms with Crippen LogP contribution >= 0.6 is 0 Å². The lowest BCUT2D eigenvalue weighted by Gasteiger charge is -2.33. The van der Waals surface area contributed by atoms with Crippen molar-refractivity contribution in [1.29, 1.82) is 0 Å². The van der Waals surface area contributed by atoms with E-state index in [0.29, 0.717) is 24.3 Å². The number of carbonyl (C=O) groups is 1. The molecule has 0 spiro atoms. The Bertz CT molecular complexity index is 236. The maximum absolute atomic E-state index is 12.1. The summed E-state index contributed by atoms with van der Waals surface area (Å²) in [6.07, 6.45) is 6.91. The van der Waals surface area contributed by atoms with Crippen LogP contribution in [0.25, 0.3) is 0 Å². The number of amides is 1. The van der Waals surface area contributed by atoms with E-state index in [4.69, 9.17) is 0 Å². The van der Waals surface area contributed by atoms with Crippen LogP contribution in [0, 0.1) is 5.92 Å². The number of likely N-dealkylation sites (tertiary alicyclic amines) is 1. The summed E-state index contributed by atoms with van der Waals surface area (Å²) in [6.45, 7) is 5.30. The van der Waals surface area contributed by atoms with Gasteiger partial charge < -0.3 is 10.2 Å². The normalized spacial score (nSPS) is 31.4. The highest BCUT2D eigenvalue weighted by Gasteiger charge is 2.24. The summed E-state index contributed by atoms with van der Waals surface area (Å²) in [7, 11) is 0. The molecule has 1 amide bonds. The average Bonchev–Trinajstić information content (AvgIpc) is 2.30. The summed E-state index contributed by atoms with van der Waals surface area (Å²) >= 11 is 0. The highest BCUT2D eigenvalue weighted by Crippen LogP contribution is 2.18. The fraction of sp³-hybridized carbons (Fsp3) is 0.923. The molecule has 0 saturated carbocycles. The van der Waals surface area contributed by atoms with Gasteiger partial charge in [-0.25, -0.2) is 0 Å². The van der Waals surface area contributed by atoms with Crippen molar-refractivity contribution in [2.75, 3.05) is 19.6 Å². The lowest BCUT2D eigenvalue weighted by atomic mass is 9.98. The highest BCUT2D eigenvalue weighted by molar-refractivity contribution is 5.77. The van der Waals surface area contributed by atoms with Crippen molar-refractivity contribution in [3.63, 3.8) is 0 Å². The second kappa shape index (κ2) is 5.67. The van der Waals surface area contributed by atoms with E-state index in [-0.39, 0.29) is 0 Å². The van der Waals surface area contributed by atoms with Gasteiger partial charge in [-0.15, -0.1) is 0 Å². The van der Waals surface area contributed by atoms with Gasteiger partial charge in [0.05, 0.1) is 0 Å². The molecular formula is C13H24N2O. The van der Waals surface area contributed by atoms with Gasteiger partial charge in [0.15, 0.2) is 0 Å². The Morgan fingerprint density at radius 2 is 2.19 bits per heavy atom. The fourth-order valence-electron chi connectivity index (χ4n) is 2.85. The van der Waals surface area contributed by atoms with E-state index < -0.39 is 0 Å². The van der Waals surface area contributed by atoms with Gasteiger partial charge in [-0.1, -0.05) is 13.3 Å². The largest absolute Gasteiger partial charge is 0.342 e. The number of rotatable bonds is 2. The second-order valence-corrected chi connectivity index (χ2v) is 5.44. The number of nitrogens with one attached hydrogen (secondary N) is 1. The van der Waals surface area contributed by atoms with Crippen molar-refractivity contribution < 1.29 is 4.79 Å². The zero-order valence-electron chi connectivity index (χ0n) is 10.4. The predicted octanol–water partition coefficient (Wildman–Crippen LogP) is 1.78. The Balaban J connectivity index is 1.77. The van der Waals surface area contributed by atoms with E-state index in [1.54, 1.807) is 0 Å². The molecule has 3 heteroatoms. The van der Waals surface area contributed by atoms with Crippen molar-refractivity contribution >= 4 is 5.91 Å². The summed E-state index contributed by atoms with van der Waals surface area (Å²) in [5, 5.41) is 3.45. The molecule has 16 heavy (non-hydrogen) atoms. The monoisotopic (exact) mass is 224 g/mol. The topological polar surface area (TPSA) is 32.3 Å². The minimum Gasteiger partial charge on any atom is -0.342 e. The molecule has 2 aliphatic rings. The molecule has 2 rings (SSSR count). The number of nitrogens with zero attached hydrogens (tertiary/aromatic N) is 1. The molecule has 2 atom stereocenters. The first-order valence-corrected chi connectivity index (χ1v) is 6.77. The maximum atomic E-state index is 12.1. The van der Waals surface area contributed by atoms with E-state index in [1.165, 1.54) is 32.1 Å². The number of carbonyl (C=O) groups excluding carboxylic acids is 1. The Morgan fingerprint density at radius 1 is 1.31 bits per heavy atom. The fourth-order valence-corrected chi connectivity index (χ4v) is 2.85. The van der Waals surface area contributed by atoms with Gasteiger partial charge in [-0.05, 0) is 38.1 Å². The first-order chi connectivity index (χ1) is 7.75. The second-order valence-electron chi connectivity index (χ2n) is 5.44. The van der Waals surface area contributed by atoms with Crippen LogP contribution in [0.3, 0.4) is 0 Å². The minimum absolute atomic E-state index is 0.367. The number of hydrogen-bond donors (Lipinski definition) is 1. The molecule has 2 saturated heterocycles. The summed E-state index contributed by atoms with van der Waals surface area (Å²) < 4.78 is 0. The summed E-state index contributed by atoms with van der Waals surface area (Å²) in [4.78, 5) is 14.2. The molecule has 1 N–H and O–H groups in total. The lowest BCUT2D eigenvalue weighted by molar-refractivity contribution is -0.133. The van der Waals surface area contributed by atoms with E-state index in [2.05, 4.69) is 17.1 Å². The zero-order valence-corrected chi connectivity index (χ0v) is 10.4. The van der Waals surface area contributed by atoms with Gasteiger partial charge in [0.2, 0.25) is 5.91 Å². The third kappa shape index (κ3) is 3.21. The van der Waals surface area contributed by atoms with Crippen molar-refractivity contribution in [2.45, 2.75) is 51.5 Å². The molecular weight excluding hydrogens is 200 g/mol. The van der Waals surface area contributed by atoms with E-state index in [0.717, 1.165) is 19.6 Å². The van der Waals surface area contributed by atoms with Gasteiger partial charge in [0.25, 0.3) is 0 Å². The summed E-state index contributed by atoms with van der Waals surface area (Å²) in [5.41, 5.74) is 0. The Kier molecular flexibility index (Phi) is 4.22. The van der Waals surface area contributed by atoms with Crippen LogP contribution in [0.5, 0.6) is 0 Å². The first-order valence-electron chi connectivity index (χ1n) is 6.77.